The van der Waals surface area contributed by atoms with Gasteiger partial charge < -0.3 is 9.53 Å². The number of esters is 1. The molecule has 0 bridgehead atoms. The minimum Gasteiger partial charge on any atom is -0.462 e. The zero-order valence-electron chi connectivity index (χ0n) is 17.1. The lowest BCUT2D eigenvalue weighted by Gasteiger charge is -2.08. The third kappa shape index (κ3) is 16.1. The van der Waals surface area contributed by atoms with Crippen LogP contribution in [-0.2, 0) is 14.3 Å². The summed E-state index contributed by atoms with van der Waals surface area (Å²) in [7, 11) is 0. The van der Waals surface area contributed by atoms with Crippen molar-refractivity contribution in [2.75, 3.05) is 6.61 Å². The minimum absolute atomic E-state index is 0.219. The lowest BCUT2D eigenvalue weighted by atomic mass is 9.97. The van der Waals surface area contributed by atoms with Gasteiger partial charge in [-0.1, -0.05) is 70.6 Å². The minimum atomic E-state index is -0.291. The van der Waals surface area contributed by atoms with Crippen LogP contribution in [0.5, 0.6) is 0 Å². The van der Waals surface area contributed by atoms with E-state index >= 15 is 0 Å². The van der Waals surface area contributed by atoms with Crippen molar-refractivity contribution in [1.29, 1.82) is 0 Å². The van der Waals surface area contributed by atoms with E-state index in [2.05, 4.69) is 25.7 Å². The van der Waals surface area contributed by atoms with Crippen LogP contribution in [0.2, 0.25) is 0 Å². The van der Waals surface area contributed by atoms with Crippen LogP contribution >= 0.6 is 0 Å². The van der Waals surface area contributed by atoms with E-state index in [9.17, 15) is 9.59 Å². The maximum Gasteiger partial charge on any atom is 0.333 e. The Morgan fingerprint density at radius 2 is 1.58 bits per heavy atom. The van der Waals surface area contributed by atoms with Crippen molar-refractivity contribution in [1.82, 2.24) is 0 Å². The third-order valence-corrected chi connectivity index (χ3v) is 4.59. The summed E-state index contributed by atoms with van der Waals surface area (Å²) in [6, 6.07) is 0. The number of allylic oxidation sites excluding steroid dienone is 2. The maximum absolute atomic E-state index is 11.2. The molecule has 0 saturated carbocycles. The lowest BCUT2D eigenvalue weighted by molar-refractivity contribution is -0.139. The van der Waals surface area contributed by atoms with Crippen LogP contribution in [0.1, 0.15) is 97.3 Å². The molecule has 3 heteroatoms. The van der Waals surface area contributed by atoms with E-state index in [1.165, 1.54) is 38.5 Å². The van der Waals surface area contributed by atoms with Gasteiger partial charge in [-0.05, 0) is 45.4 Å². The van der Waals surface area contributed by atoms with Crippen molar-refractivity contribution in [3.05, 3.63) is 24.3 Å². The second-order valence-electron chi connectivity index (χ2n) is 7.27. The molecule has 26 heavy (non-hydrogen) atoms. The fourth-order valence-electron chi connectivity index (χ4n) is 2.84. The van der Waals surface area contributed by atoms with Crippen molar-refractivity contribution in [3.63, 3.8) is 0 Å². The monoisotopic (exact) mass is 364 g/mol. The van der Waals surface area contributed by atoms with Gasteiger partial charge in [-0.25, -0.2) is 4.79 Å². The van der Waals surface area contributed by atoms with Crippen molar-refractivity contribution in [2.24, 2.45) is 5.92 Å². The van der Waals surface area contributed by atoms with E-state index in [4.69, 9.17) is 4.74 Å². The van der Waals surface area contributed by atoms with Crippen LogP contribution < -0.4 is 0 Å². The number of hydrogen-bond donors (Lipinski definition) is 0. The number of carbonyl (C=O) groups is 2. The highest BCUT2D eigenvalue weighted by Gasteiger charge is 2.06. The maximum atomic E-state index is 11.2. The average molecular weight is 365 g/mol. The smallest absolute Gasteiger partial charge is 0.333 e. The summed E-state index contributed by atoms with van der Waals surface area (Å²) in [4.78, 5) is 22.4. The van der Waals surface area contributed by atoms with Gasteiger partial charge in [0.25, 0.3) is 0 Å². The first-order valence-electron chi connectivity index (χ1n) is 10.5. The van der Waals surface area contributed by atoms with Crippen molar-refractivity contribution >= 4 is 12.3 Å². The van der Waals surface area contributed by atoms with Gasteiger partial charge in [-0.2, -0.15) is 0 Å². The molecule has 0 aromatic carbocycles. The van der Waals surface area contributed by atoms with Crippen molar-refractivity contribution < 1.29 is 14.3 Å². The highest BCUT2D eigenvalue weighted by Crippen LogP contribution is 2.16. The molecule has 1 atom stereocenters. The van der Waals surface area contributed by atoms with E-state index in [0.29, 0.717) is 12.2 Å². The molecule has 0 aromatic heterocycles. The zero-order chi connectivity index (χ0) is 19.5. The molecular formula is C23H40O3. The molecule has 0 N–H and O–H groups in total. The van der Waals surface area contributed by atoms with Crippen LogP contribution in [0, 0.1) is 5.92 Å². The predicted molar refractivity (Wildman–Crippen MR) is 110 cm³/mol. The molecule has 0 aliphatic rings. The Morgan fingerprint density at radius 3 is 2.23 bits per heavy atom. The Balaban J connectivity index is 3.47. The van der Waals surface area contributed by atoms with E-state index in [-0.39, 0.29) is 11.9 Å². The molecule has 0 heterocycles. The standard InChI is InChI=1S/C23H40O3/c1-4-5-6-7-8-11-14-17-22(20-24)18-15-12-9-10-13-16-19-26-23(25)21(2)3/h8,11,20,22H,2,4-7,9-10,12-19H2,1,3H3. The first-order chi connectivity index (χ1) is 12.6. The van der Waals surface area contributed by atoms with Gasteiger partial charge in [0.1, 0.15) is 6.29 Å². The molecule has 0 rings (SSSR count). The molecule has 1 unspecified atom stereocenters. The van der Waals surface area contributed by atoms with Gasteiger partial charge in [-0.15, -0.1) is 0 Å². The molecular weight excluding hydrogens is 324 g/mol. The summed E-state index contributed by atoms with van der Waals surface area (Å²) in [6.45, 7) is 7.94. The van der Waals surface area contributed by atoms with Crippen molar-refractivity contribution in [2.45, 2.75) is 97.3 Å². The van der Waals surface area contributed by atoms with Gasteiger partial charge in [0.15, 0.2) is 0 Å². The van der Waals surface area contributed by atoms with Gasteiger partial charge in [0, 0.05) is 11.5 Å². The number of hydrogen-bond acceptors (Lipinski definition) is 3. The highest BCUT2D eigenvalue weighted by molar-refractivity contribution is 5.86. The van der Waals surface area contributed by atoms with Crippen LogP contribution in [0.3, 0.4) is 0 Å². The highest BCUT2D eigenvalue weighted by atomic mass is 16.5. The molecule has 0 aliphatic heterocycles. The number of ether oxygens (including phenoxy) is 1. The number of carbonyl (C=O) groups excluding carboxylic acids is 2. The lowest BCUT2D eigenvalue weighted by Crippen LogP contribution is -2.06. The summed E-state index contributed by atoms with van der Waals surface area (Å²) in [5, 5.41) is 0. The van der Waals surface area contributed by atoms with Crippen LogP contribution in [-0.4, -0.2) is 18.9 Å². The summed E-state index contributed by atoms with van der Waals surface area (Å²) >= 11 is 0. The third-order valence-electron chi connectivity index (χ3n) is 4.59. The second kappa shape index (κ2) is 18.4. The summed E-state index contributed by atoms with van der Waals surface area (Å²) in [6.07, 6.45) is 20.4. The van der Waals surface area contributed by atoms with Crippen molar-refractivity contribution in [3.8, 4) is 0 Å². The molecule has 0 spiro atoms. The predicted octanol–water partition coefficient (Wildman–Crippen LogP) is 6.57. The molecule has 0 amide bonds. The van der Waals surface area contributed by atoms with Crippen LogP contribution in [0.15, 0.2) is 24.3 Å². The fourth-order valence-corrected chi connectivity index (χ4v) is 2.84. The van der Waals surface area contributed by atoms with Gasteiger partial charge in [-0.3, -0.25) is 0 Å². The number of unbranched alkanes of at least 4 members (excludes halogenated alkanes) is 8. The molecule has 0 saturated heterocycles. The summed E-state index contributed by atoms with van der Waals surface area (Å²) < 4.78 is 5.07. The number of rotatable bonds is 18. The normalized spacial score (nSPS) is 12.2. The zero-order valence-corrected chi connectivity index (χ0v) is 17.1. The average Bonchev–Trinajstić information content (AvgIpc) is 2.63. The first-order valence-corrected chi connectivity index (χ1v) is 10.5. The van der Waals surface area contributed by atoms with Crippen LogP contribution in [0.4, 0.5) is 0 Å². The summed E-state index contributed by atoms with van der Waals surface area (Å²) in [5.41, 5.74) is 0.460. The van der Waals surface area contributed by atoms with E-state index < -0.39 is 0 Å². The van der Waals surface area contributed by atoms with E-state index in [1.54, 1.807) is 6.92 Å². The van der Waals surface area contributed by atoms with Gasteiger partial charge in [0.05, 0.1) is 6.61 Å². The molecule has 150 valence electrons. The van der Waals surface area contributed by atoms with Gasteiger partial charge in [0.2, 0.25) is 0 Å². The molecule has 3 nitrogen and oxygen atoms in total. The van der Waals surface area contributed by atoms with E-state index in [1.807, 2.05) is 0 Å². The van der Waals surface area contributed by atoms with Crippen LogP contribution in [0.25, 0.3) is 0 Å². The first kappa shape index (κ1) is 24.6. The molecule has 0 fully saturated rings. The Hall–Kier alpha value is -1.38. The topological polar surface area (TPSA) is 43.4 Å². The Kier molecular flexibility index (Phi) is 17.4. The van der Waals surface area contributed by atoms with Gasteiger partial charge >= 0.3 is 5.97 Å². The Bertz CT molecular complexity index is 398. The van der Waals surface area contributed by atoms with E-state index in [0.717, 1.165) is 51.2 Å². The molecule has 0 aromatic rings. The Labute approximate surface area is 161 Å². The molecule has 0 radical (unpaired) electrons. The largest absolute Gasteiger partial charge is 0.462 e. The fraction of sp³-hybridized carbons (Fsp3) is 0.739. The Morgan fingerprint density at radius 1 is 0.923 bits per heavy atom. The quantitative estimate of drug-likeness (QED) is 0.0908. The molecule has 0 aliphatic carbocycles. The second-order valence-corrected chi connectivity index (χ2v) is 7.27. The summed E-state index contributed by atoms with van der Waals surface area (Å²) in [5.74, 6) is -0.0717. The SMILES string of the molecule is C=C(C)C(=O)OCCCCCCCCC(C=O)CCC=CCCCCC. The number of aldehydes is 1.